The van der Waals surface area contributed by atoms with Crippen LogP contribution in [0.4, 0.5) is 13.2 Å². The van der Waals surface area contributed by atoms with Crippen LogP contribution < -0.4 is 5.73 Å². The molecule has 0 saturated carbocycles. The Hall–Kier alpha value is -0.260. The number of thiophene rings is 1. The molecule has 13 heavy (non-hydrogen) atoms. The molecule has 0 saturated heterocycles. The van der Waals surface area contributed by atoms with E-state index >= 15 is 0 Å². The summed E-state index contributed by atoms with van der Waals surface area (Å²) in [5, 5.41) is 0. The molecule has 0 spiro atoms. The van der Waals surface area contributed by atoms with E-state index in [0.717, 1.165) is 11.3 Å². The lowest BCUT2D eigenvalue weighted by molar-refractivity contribution is -0.147. The Morgan fingerprint density at radius 3 is 2.46 bits per heavy atom. The summed E-state index contributed by atoms with van der Waals surface area (Å²) in [5.41, 5.74) is 4.93. The first-order chi connectivity index (χ1) is 5.89. The molecule has 1 atom stereocenters. The van der Waals surface area contributed by atoms with Crippen molar-refractivity contribution in [3.63, 3.8) is 0 Å². The molecule has 1 heterocycles. The fraction of sp³-hybridized carbons (Fsp3) is 0.429. The molecular formula is C7H7ClF3NS. The summed E-state index contributed by atoms with van der Waals surface area (Å²) in [6.07, 6.45) is -4.54. The normalized spacial score (nSPS) is 14.5. The minimum atomic E-state index is -4.34. The lowest BCUT2D eigenvalue weighted by Gasteiger charge is -2.13. The van der Waals surface area contributed by atoms with Gasteiger partial charge in [0.15, 0.2) is 0 Å². The molecule has 1 unspecified atom stereocenters. The van der Waals surface area contributed by atoms with Gasteiger partial charge in [-0.2, -0.15) is 13.2 Å². The molecule has 0 fully saturated rings. The van der Waals surface area contributed by atoms with E-state index in [9.17, 15) is 13.2 Å². The van der Waals surface area contributed by atoms with Gasteiger partial charge in [0.25, 0.3) is 0 Å². The standard InChI is InChI=1S/C7H7ClF3NS/c8-6-2-1-4(13-6)3-5(12)7(9,10)11/h1-2,5H,3,12H2. The molecule has 6 heteroatoms. The van der Waals surface area contributed by atoms with Gasteiger partial charge in [0.1, 0.15) is 6.04 Å². The minimum Gasteiger partial charge on any atom is -0.320 e. The summed E-state index contributed by atoms with van der Waals surface area (Å²) in [6.45, 7) is 0. The molecule has 0 bridgehead atoms. The van der Waals surface area contributed by atoms with Crippen LogP contribution in [0.25, 0.3) is 0 Å². The maximum atomic E-state index is 12.0. The van der Waals surface area contributed by atoms with E-state index in [2.05, 4.69) is 0 Å². The van der Waals surface area contributed by atoms with Gasteiger partial charge in [-0.25, -0.2) is 0 Å². The molecule has 1 nitrogen and oxygen atoms in total. The van der Waals surface area contributed by atoms with E-state index in [1.165, 1.54) is 0 Å². The van der Waals surface area contributed by atoms with Crippen LogP contribution in [0.15, 0.2) is 12.1 Å². The Bertz CT molecular complexity index is 284. The van der Waals surface area contributed by atoms with E-state index in [4.69, 9.17) is 17.3 Å². The predicted octanol–water partition coefficient (Wildman–Crippen LogP) is 2.83. The van der Waals surface area contributed by atoms with Gasteiger partial charge in [-0.05, 0) is 12.1 Å². The molecule has 0 aliphatic heterocycles. The zero-order chi connectivity index (χ0) is 10.1. The number of rotatable bonds is 2. The third-order valence-corrected chi connectivity index (χ3v) is 2.72. The maximum Gasteiger partial charge on any atom is 0.403 e. The van der Waals surface area contributed by atoms with Gasteiger partial charge < -0.3 is 5.73 Å². The highest BCUT2D eigenvalue weighted by molar-refractivity contribution is 7.16. The molecule has 0 aliphatic carbocycles. The second-order valence-corrected chi connectivity index (χ2v) is 4.36. The van der Waals surface area contributed by atoms with Crippen molar-refractivity contribution in [2.75, 3.05) is 0 Å². The molecule has 0 amide bonds. The van der Waals surface area contributed by atoms with Crippen molar-refractivity contribution >= 4 is 22.9 Å². The average Bonchev–Trinajstić information content (AvgIpc) is 2.33. The molecule has 0 aromatic carbocycles. The number of hydrogen-bond acceptors (Lipinski definition) is 2. The van der Waals surface area contributed by atoms with Crippen LogP contribution >= 0.6 is 22.9 Å². The molecule has 0 aliphatic rings. The van der Waals surface area contributed by atoms with Crippen LogP contribution in [-0.4, -0.2) is 12.2 Å². The summed E-state index contributed by atoms with van der Waals surface area (Å²) >= 11 is 6.67. The third kappa shape index (κ3) is 3.17. The Labute approximate surface area is 82.3 Å². The van der Waals surface area contributed by atoms with Crippen LogP contribution in [0.1, 0.15) is 4.88 Å². The van der Waals surface area contributed by atoms with Gasteiger partial charge in [0.2, 0.25) is 0 Å². The van der Waals surface area contributed by atoms with E-state index < -0.39 is 12.2 Å². The summed E-state index contributed by atoms with van der Waals surface area (Å²) in [5.74, 6) is 0. The van der Waals surface area contributed by atoms with Crippen LogP contribution in [0.5, 0.6) is 0 Å². The second kappa shape index (κ2) is 3.86. The summed E-state index contributed by atoms with van der Waals surface area (Å²) in [4.78, 5) is 0.551. The fourth-order valence-electron chi connectivity index (χ4n) is 0.794. The number of hydrogen-bond donors (Lipinski definition) is 1. The number of alkyl halides is 3. The smallest absolute Gasteiger partial charge is 0.320 e. The van der Waals surface area contributed by atoms with Gasteiger partial charge in [0.05, 0.1) is 4.34 Å². The van der Waals surface area contributed by atoms with Crippen LogP contribution in [0, 0.1) is 0 Å². The Morgan fingerprint density at radius 2 is 2.08 bits per heavy atom. The van der Waals surface area contributed by atoms with Gasteiger partial charge in [-0.1, -0.05) is 11.6 Å². The van der Waals surface area contributed by atoms with Crippen molar-refractivity contribution in [2.45, 2.75) is 18.6 Å². The molecular weight excluding hydrogens is 223 g/mol. The fourth-order valence-corrected chi connectivity index (χ4v) is 1.94. The Kier molecular flexibility index (Phi) is 3.21. The van der Waals surface area contributed by atoms with E-state index in [1.54, 1.807) is 12.1 Å². The zero-order valence-corrected chi connectivity index (χ0v) is 8.01. The largest absolute Gasteiger partial charge is 0.403 e. The van der Waals surface area contributed by atoms with Crippen molar-refractivity contribution < 1.29 is 13.2 Å². The average molecular weight is 230 g/mol. The summed E-state index contributed by atoms with van der Waals surface area (Å²) in [7, 11) is 0. The van der Waals surface area contributed by atoms with Crippen molar-refractivity contribution in [3.05, 3.63) is 21.3 Å². The van der Waals surface area contributed by atoms with Gasteiger partial charge in [0, 0.05) is 11.3 Å². The summed E-state index contributed by atoms with van der Waals surface area (Å²) in [6, 6.07) is 1.31. The molecule has 74 valence electrons. The van der Waals surface area contributed by atoms with E-state index in [-0.39, 0.29) is 6.42 Å². The van der Waals surface area contributed by atoms with Gasteiger partial charge in [-0.15, -0.1) is 11.3 Å². The highest BCUT2D eigenvalue weighted by atomic mass is 35.5. The predicted molar refractivity (Wildman–Crippen MR) is 47.1 cm³/mol. The van der Waals surface area contributed by atoms with Crippen molar-refractivity contribution in [1.82, 2.24) is 0 Å². The quantitative estimate of drug-likeness (QED) is 0.829. The van der Waals surface area contributed by atoms with Crippen molar-refractivity contribution in [1.29, 1.82) is 0 Å². The third-order valence-electron chi connectivity index (χ3n) is 1.47. The first-order valence-corrected chi connectivity index (χ1v) is 4.65. The van der Waals surface area contributed by atoms with Crippen LogP contribution in [0.2, 0.25) is 4.34 Å². The first-order valence-electron chi connectivity index (χ1n) is 3.46. The number of halogens is 4. The topological polar surface area (TPSA) is 26.0 Å². The lowest BCUT2D eigenvalue weighted by Crippen LogP contribution is -2.38. The van der Waals surface area contributed by atoms with Crippen LogP contribution in [0.3, 0.4) is 0 Å². The van der Waals surface area contributed by atoms with E-state index in [0.29, 0.717) is 9.21 Å². The zero-order valence-electron chi connectivity index (χ0n) is 6.44. The van der Waals surface area contributed by atoms with Crippen molar-refractivity contribution in [2.24, 2.45) is 5.73 Å². The van der Waals surface area contributed by atoms with Gasteiger partial charge in [-0.3, -0.25) is 0 Å². The minimum absolute atomic E-state index is 0.207. The molecule has 2 N–H and O–H groups in total. The van der Waals surface area contributed by atoms with Crippen LogP contribution in [-0.2, 0) is 6.42 Å². The van der Waals surface area contributed by atoms with Crippen molar-refractivity contribution in [3.8, 4) is 0 Å². The Morgan fingerprint density at radius 1 is 1.46 bits per heavy atom. The first kappa shape index (κ1) is 10.8. The maximum absolute atomic E-state index is 12.0. The molecule has 1 aromatic rings. The SMILES string of the molecule is NC(Cc1ccc(Cl)s1)C(F)(F)F. The highest BCUT2D eigenvalue weighted by Crippen LogP contribution is 2.26. The van der Waals surface area contributed by atoms with Gasteiger partial charge >= 0.3 is 6.18 Å². The molecule has 1 rings (SSSR count). The second-order valence-electron chi connectivity index (χ2n) is 2.56. The van der Waals surface area contributed by atoms with E-state index in [1.807, 2.05) is 0 Å². The lowest BCUT2D eigenvalue weighted by atomic mass is 10.2. The monoisotopic (exact) mass is 229 g/mol. The molecule has 1 aromatic heterocycles. The highest BCUT2D eigenvalue weighted by Gasteiger charge is 2.36. The Balaban J connectivity index is 2.60. The summed E-state index contributed by atoms with van der Waals surface area (Å²) < 4.78 is 36.4. The molecule has 0 radical (unpaired) electrons. The number of nitrogens with two attached hydrogens (primary N) is 1.